The molecule has 10 heteroatoms. The maximum atomic E-state index is 13.7. The molecule has 0 fully saturated rings. The minimum Gasteiger partial charge on any atom is -0.438 e. The van der Waals surface area contributed by atoms with E-state index in [1.165, 1.54) is 12.1 Å². The highest BCUT2D eigenvalue weighted by Gasteiger charge is 2.18. The van der Waals surface area contributed by atoms with Crippen molar-refractivity contribution < 1.29 is 22.7 Å². The number of halogens is 3. The Kier molecular flexibility index (Phi) is 5.35. The second-order valence-electron chi connectivity index (χ2n) is 6.43. The van der Waals surface area contributed by atoms with Gasteiger partial charge in [0.1, 0.15) is 5.75 Å². The number of hydrogen-bond acceptors (Lipinski definition) is 5. The standard InChI is InChI=1S/C21H14F3N5O2/c1-12-10-11-29(28-12)17-8-9-18(27-26-17)31-14-4-2-13(3-5-14)25-21(30)15-6-7-16(22)20(24)19(15)23/h2-11H,1H3,(H,25,30). The lowest BCUT2D eigenvalue weighted by atomic mass is 10.1. The molecule has 0 aliphatic rings. The van der Waals surface area contributed by atoms with Crippen LogP contribution < -0.4 is 10.1 Å². The van der Waals surface area contributed by atoms with Gasteiger partial charge in [0.15, 0.2) is 23.3 Å². The molecule has 156 valence electrons. The van der Waals surface area contributed by atoms with Crippen LogP contribution in [0.3, 0.4) is 0 Å². The summed E-state index contributed by atoms with van der Waals surface area (Å²) < 4.78 is 47.2. The fourth-order valence-electron chi connectivity index (χ4n) is 2.66. The van der Waals surface area contributed by atoms with Crippen LogP contribution in [0, 0.1) is 24.4 Å². The Morgan fingerprint density at radius 2 is 1.71 bits per heavy atom. The van der Waals surface area contributed by atoms with Gasteiger partial charge in [0.2, 0.25) is 5.88 Å². The summed E-state index contributed by atoms with van der Waals surface area (Å²) in [5.41, 5.74) is 0.542. The van der Waals surface area contributed by atoms with Crippen molar-refractivity contribution >= 4 is 11.6 Å². The third kappa shape index (κ3) is 4.37. The van der Waals surface area contributed by atoms with Gasteiger partial charge < -0.3 is 10.1 Å². The summed E-state index contributed by atoms with van der Waals surface area (Å²) in [5, 5.41) is 14.7. The van der Waals surface area contributed by atoms with E-state index in [-0.39, 0.29) is 5.88 Å². The highest BCUT2D eigenvalue weighted by atomic mass is 19.2. The van der Waals surface area contributed by atoms with Gasteiger partial charge in [-0.05, 0) is 55.5 Å². The smallest absolute Gasteiger partial charge is 0.258 e. The summed E-state index contributed by atoms with van der Waals surface area (Å²) in [7, 11) is 0. The number of anilines is 1. The molecule has 1 amide bonds. The fourth-order valence-corrected chi connectivity index (χ4v) is 2.66. The Morgan fingerprint density at radius 1 is 0.935 bits per heavy atom. The van der Waals surface area contributed by atoms with Crippen molar-refractivity contribution in [3.8, 4) is 17.4 Å². The first-order valence-corrected chi connectivity index (χ1v) is 9.00. The molecule has 0 radical (unpaired) electrons. The monoisotopic (exact) mass is 425 g/mol. The Labute approximate surface area is 174 Å². The van der Waals surface area contributed by atoms with Gasteiger partial charge in [0.25, 0.3) is 5.91 Å². The number of hydrogen-bond donors (Lipinski definition) is 1. The first-order valence-electron chi connectivity index (χ1n) is 9.00. The summed E-state index contributed by atoms with van der Waals surface area (Å²) in [4.78, 5) is 12.1. The number of aromatic nitrogens is 4. The molecule has 0 saturated carbocycles. The zero-order valence-corrected chi connectivity index (χ0v) is 16.0. The van der Waals surface area contributed by atoms with Crippen LogP contribution in [-0.2, 0) is 0 Å². The van der Waals surface area contributed by atoms with Gasteiger partial charge in [-0.25, -0.2) is 17.9 Å². The van der Waals surface area contributed by atoms with E-state index in [1.54, 1.807) is 35.1 Å². The zero-order valence-electron chi connectivity index (χ0n) is 16.0. The first kappa shape index (κ1) is 20.1. The van der Waals surface area contributed by atoms with Gasteiger partial charge in [-0.15, -0.1) is 10.2 Å². The molecule has 0 spiro atoms. The lowest BCUT2D eigenvalue weighted by Gasteiger charge is -2.09. The largest absolute Gasteiger partial charge is 0.438 e. The number of carbonyl (C=O) groups excluding carboxylic acids is 1. The Balaban J connectivity index is 1.41. The van der Waals surface area contributed by atoms with Crippen molar-refractivity contribution in [1.29, 1.82) is 0 Å². The number of carbonyl (C=O) groups is 1. The summed E-state index contributed by atoms with van der Waals surface area (Å²) in [6, 6.07) is 12.8. The average Bonchev–Trinajstić information content (AvgIpc) is 3.20. The lowest BCUT2D eigenvalue weighted by Crippen LogP contribution is -2.15. The van der Waals surface area contributed by atoms with Gasteiger partial charge >= 0.3 is 0 Å². The predicted octanol–water partition coefficient (Wildman–Crippen LogP) is 4.43. The minimum atomic E-state index is -1.70. The van der Waals surface area contributed by atoms with E-state index in [1.807, 2.05) is 13.0 Å². The van der Waals surface area contributed by atoms with Gasteiger partial charge in [-0.1, -0.05) is 0 Å². The third-order valence-electron chi connectivity index (χ3n) is 4.20. The normalized spacial score (nSPS) is 10.7. The molecule has 1 N–H and O–H groups in total. The highest BCUT2D eigenvalue weighted by molar-refractivity contribution is 6.04. The molecule has 0 saturated heterocycles. The molecule has 31 heavy (non-hydrogen) atoms. The van der Waals surface area contributed by atoms with Crippen molar-refractivity contribution in [2.75, 3.05) is 5.32 Å². The third-order valence-corrected chi connectivity index (χ3v) is 4.20. The summed E-state index contributed by atoms with van der Waals surface area (Å²) >= 11 is 0. The number of aryl methyl sites for hydroxylation is 1. The second kappa shape index (κ2) is 8.27. The fraction of sp³-hybridized carbons (Fsp3) is 0.0476. The molecule has 2 aromatic heterocycles. The lowest BCUT2D eigenvalue weighted by molar-refractivity contribution is 0.102. The van der Waals surface area contributed by atoms with E-state index in [9.17, 15) is 18.0 Å². The van der Waals surface area contributed by atoms with Crippen molar-refractivity contribution in [2.45, 2.75) is 6.92 Å². The number of benzene rings is 2. The van der Waals surface area contributed by atoms with Crippen LogP contribution in [0.5, 0.6) is 11.6 Å². The van der Waals surface area contributed by atoms with E-state index in [4.69, 9.17) is 4.74 Å². The number of nitrogens with zero attached hydrogens (tertiary/aromatic N) is 4. The van der Waals surface area contributed by atoms with Crippen molar-refractivity contribution in [2.24, 2.45) is 0 Å². The molecule has 2 aromatic carbocycles. The van der Waals surface area contributed by atoms with Gasteiger partial charge in [0, 0.05) is 18.0 Å². The topological polar surface area (TPSA) is 81.9 Å². The maximum Gasteiger partial charge on any atom is 0.258 e. The van der Waals surface area contributed by atoms with Crippen LogP contribution in [0.4, 0.5) is 18.9 Å². The highest BCUT2D eigenvalue weighted by Crippen LogP contribution is 2.22. The van der Waals surface area contributed by atoms with Crippen molar-refractivity contribution in [1.82, 2.24) is 20.0 Å². The van der Waals surface area contributed by atoms with Crippen LogP contribution in [0.2, 0.25) is 0 Å². The van der Waals surface area contributed by atoms with E-state index >= 15 is 0 Å². The van der Waals surface area contributed by atoms with Crippen LogP contribution >= 0.6 is 0 Å². The van der Waals surface area contributed by atoms with Crippen LogP contribution in [0.25, 0.3) is 5.82 Å². The van der Waals surface area contributed by atoms with E-state index in [0.29, 0.717) is 23.3 Å². The molecule has 0 aliphatic heterocycles. The molecular formula is C21H14F3N5O2. The van der Waals surface area contributed by atoms with Gasteiger partial charge in [0.05, 0.1) is 11.3 Å². The quantitative estimate of drug-likeness (QED) is 0.479. The molecule has 4 aromatic rings. The molecule has 7 nitrogen and oxygen atoms in total. The minimum absolute atomic E-state index is 0.244. The number of nitrogens with one attached hydrogen (secondary N) is 1. The zero-order chi connectivity index (χ0) is 22.0. The van der Waals surface area contributed by atoms with E-state index in [2.05, 4.69) is 20.6 Å². The Hall–Kier alpha value is -4.21. The molecule has 0 bridgehead atoms. The second-order valence-corrected chi connectivity index (χ2v) is 6.43. The molecule has 4 rings (SSSR count). The SMILES string of the molecule is Cc1ccn(-c2ccc(Oc3ccc(NC(=O)c4ccc(F)c(F)c4F)cc3)nn2)n1. The van der Waals surface area contributed by atoms with Gasteiger partial charge in [-0.3, -0.25) is 4.79 Å². The first-order chi connectivity index (χ1) is 14.9. The van der Waals surface area contributed by atoms with Crippen LogP contribution in [0.1, 0.15) is 16.1 Å². The Bertz CT molecular complexity index is 1240. The van der Waals surface area contributed by atoms with Crippen molar-refractivity contribution in [3.05, 3.63) is 89.5 Å². The van der Waals surface area contributed by atoms with Crippen LogP contribution in [-0.4, -0.2) is 25.9 Å². The average molecular weight is 425 g/mol. The molecule has 0 atom stereocenters. The number of rotatable bonds is 5. The van der Waals surface area contributed by atoms with E-state index in [0.717, 1.165) is 11.8 Å². The van der Waals surface area contributed by atoms with Gasteiger partial charge in [-0.2, -0.15) is 5.10 Å². The summed E-state index contributed by atoms with van der Waals surface area (Å²) in [6.45, 7) is 1.86. The Morgan fingerprint density at radius 3 is 2.35 bits per heavy atom. The van der Waals surface area contributed by atoms with Crippen LogP contribution in [0.15, 0.2) is 60.8 Å². The summed E-state index contributed by atoms with van der Waals surface area (Å²) in [6.07, 6.45) is 1.76. The number of amides is 1. The maximum absolute atomic E-state index is 13.7. The number of ether oxygens (including phenoxy) is 1. The molecule has 0 aliphatic carbocycles. The van der Waals surface area contributed by atoms with E-state index < -0.39 is 28.9 Å². The van der Waals surface area contributed by atoms with Crippen molar-refractivity contribution in [3.63, 3.8) is 0 Å². The molecular weight excluding hydrogens is 411 g/mol. The molecule has 0 unspecified atom stereocenters. The summed E-state index contributed by atoms with van der Waals surface area (Å²) in [5.74, 6) is -4.35. The predicted molar refractivity (Wildman–Crippen MR) is 105 cm³/mol. The molecule has 2 heterocycles.